The van der Waals surface area contributed by atoms with E-state index in [1.54, 1.807) is 13.1 Å². The Morgan fingerprint density at radius 3 is 2.53 bits per heavy atom. The number of nitrogens with two attached hydrogens (primary N) is 1. The number of carbonyl (C=O) groups is 1. The number of pyridine rings is 1. The van der Waals surface area contributed by atoms with Crippen molar-refractivity contribution in [1.82, 2.24) is 10.3 Å². The third-order valence-corrected chi connectivity index (χ3v) is 2.72. The number of rotatable bonds is 4. The standard InChI is InChI=1S/C13H21N3O/c1-8(2)11(16-13(17)10(4)14)12-9(3)6-5-7-15-12/h5-8,10-11H,14H2,1-4H3,(H,16,17). The molecule has 1 rings (SSSR count). The highest BCUT2D eigenvalue weighted by Crippen LogP contribution is 2.22. The Bertz CT molecular complexity index is 388. The van der Waals surface area contributed by atoms with Gasteiger partial charge in [-0.15, -0.1) is 0 Å². The van der Waals surface area contributed by atoms with Crippen LogP contribution in [0.4, 0.5) is 0 Å². The van der Waals surface area contributed by atoms with Gasteiger partial charge >= 0.3 is 0 Å². The summed E-state index contributed by atoms with van der Waals surface area (Å²) < 4.78 is 0. The number of hydrogen-bond acceptors (Lipinski definition) is 3. The second-order valence-corrected chi connectivity index (χ2v) is 4.72. The molecule has 1 amide bonds. The summed E-state index contributed by atoms with van der Waals surface area (Å²) in [4.78, 5) is 16.0. The zero-order valence-corrected chi connectivity index (χ0v) is 10.9. The van der Waals surface area contributed by atoms with Gasteiger partial charge in [-0.3, -0.25) is 9.78 Å². The molecule has 94 valence electrons. The monoisotopic (exact) mass is 235 g/mol. The predicted molar refractivity (Wildman–Crippen MR) is 68.3 cm³/mol. The summed E-state index contributed by atoms with van der Waals surface area (Å²) in [6, 6.07) is 3.30. The summed E-state index contributed by atoms with van der Waals surface area (Å²) in [6.45, 7) is 7.79. The molecular formula is C13H21N3O. The van der Waals surface area contributed by atoms with Crippen molar-refractivity contribution in [2.24, 2.45) is 11.7 Å². The second kappa shape index (κ2) is 5.77. The molecule has 0 aliphatic rings. The van der Waals surface area contributed by atoms with Crippen molar-refractivity contribution in [1.29, 1.82) is 0 Å². The first kappa shape index (κ1) is 13.6. The third-order valence-electron chi connectivity index (χ3n) is 2.72. The fraction of sp³-hybridized carbons (Fsp3) is 0.538. The van der Waals surface area contributed by atoms with Crippen LogP contribution in [0.1, 0.15) is 38.1 Å². The molecule has 1 aromatic heterocycles. The van der Waals surface area contributed by atoms with Gasteiger partial charge in [-0.2, -0.15) is 0 Å². The number of aryl methyl sites for hydroxylation is 1. The Balaban J connectivity index is 2.95. The Morgan fingerprint density at radius 1 is 1.41 bits per heavy atom. The normalized spacial score (nSPS) is 14.5. The van der Waals surface area contributed by atoms with Crippen molar-refractivity contribution < 1.29 is 4.79 Å². The van der Waals surface area contributed by atoms with E-state index in [-0.39, 0.29) is 17.9 Å². The third kappa shape index (κ3) is 3.53. The van der Waals surface area contributed by atoms with Gasteiger partial charge in [0.05, 0.1) is 17.8 Å². The lowest BCUT2D eigenvalue weighted by atomic mass is 9.97. The SMILES string of the molecule is Cc1cccnc1C(NC(=O)C(C)N)C(C)C. The first-order chi connectivity index (χ1) is 7.93. The van der Waals surface area contributed by atoms with Gasteiger partial charge in [0.1, 0.15) is 0 Å². The molecule has 4 heteroatoms. The summed E-state index contributed by atoms with van der Waals surface area (Å²) in [7, 11) is 0. The van der Waals surface area contributed by atoms with Crippen LogP contribution in [0.3, 0.4) is 0 Å². The van der Waals surface area contributed by atoms with Crippen LogP contribution in [0.25, 0.3) is 0 Å². The van der Waals surface area contributed by atoms with E-state index < -0.39 is 6.04 Å². The molecule has 1 heterocycles. The van der Waals surface area contributed by atoms with Gasteiger partial charge < -0.3 is 11.1 Å². The van der Waals surface area contributed by atoms with Gasteiger partial charge in [0.15, 0.2) is 0 Å². The molecule has 17 heavy (non-hydrogen) atoms. The number of aromatic nitrogens is 1. The number of nitrogens with one attached hydrogen (secondary N) is 1. The lowest BCUT2D eigenvalue weighted by molar-refractivity contribution is -0.123. The molecule has 0 radical (unpaired) electrons. The second-order valence-electron chi connectivity index (χ2n) is 4.72. The molecule has 0 saturated carbocycles. The summed E-state index contributed by atoms with van der Waals surface area (Å²) >= 11 is 0. The van der Waals surface area contributed by atoms with Crippen LogP contribution in [0.15, 0.2) is 18.3 Å². The summed E-state index contributed by atoms with van der Waals surface area (Å²) in [5.41, 5.74) is 7.56. The van der Waals surface area contributed by atoms with Crippen molar-refractivity contribution in [3.8, 4) is 0 Å². The zero-order valence-electron chi connectivity index (χ0n) is 10.9. The molecule has 0 bridgehead atoms. The molecule has 2 atom stereocenters. The van der Waals surface area contributed by atoms with E-state index in [0.29, 0.717) is 0 Å². The molecule has 1 aromatic rings. The van der Waals surface area contributed by atoms with E-state index in [0.717, 1.165) is 11.3 Å². The van der Waals surface area contributed by atoms with Crippen molar-refractivity contribution in [2.75, 3.05) is 0 Å². The molecule has 3 N–H and O–H groups in total. The quantitative estimate of drug-likeness (QED) is 0.832. The summed E-state index contributed by atoms with van der Waals surface area (Å²) in [6.07, 6.45) is 1.75. The maximum atomic E-state index is 11.7. The van der Waals surface area contributed by atoms with Crippen LogP contribution in [0.5, 0.6) is 0 Å². The molecule has 4 nitrogen and oxygen atoms in total. The maximum absolute atomic E-state index is 11.7. The number of hydrogen-bond donors (Lipinski definition) is 2. The largest absolute Gasteiger partial charge is 0.346 e. The van der Waals surface area contributed by atoms with E-state index in [1.807, 2.05) is 19.1 Å². The van der Waals surface area contributed by atoms with Crippen molar-refractivity contribution in [3.63, 3.8) is 0 Å². The molecular weight excluding hydrogens is 214 g/mol. The Labute approximate surface area is 103 Å². The Hall–Kier alpha value is -1.42. The van der Waals surface area contributed by atoms with Gasteiger partial charge in [0, 0.05) is 6.20 Å². The van der Waals surface area contributed by atoms with Gasteiger partial charge in [-0.25, -0.2) is 0 Å². The molecule has 0 spiro atoms. The lowest BCUT2D eigenvalue weighted by Gasteiger charge is -2.24. The van der Waals surface area contributed by atoms with Gasteiger partial charge in [-0.1, -0.05) is 19.9 Å². The smallest absolute Gasteiger partial charge is 0.237 e. The van der Waals surface area contributed by atoms with E-state index in [1.165, 1.54) is 0 Å². The molecule has 0 fully saturated rings. The minimum Gasteiger partial charge on any atom is -0.346 e. The van der Waals surface area contributed by atoms with Crippen LogP contribution >= 0.6 is 0 Å². The minimum absolute atomic E-state index is 0.0882. The number of carbonyl (C=O) groups excluding carboxylic acids is 1. The van der Waals surface area contributed by atoms with E-state index in [9.17, 15) is 4.79 Å². The van der Waals surface area contributed by atoms with E-state index >= 15 is 0 Å². The number of nitrogens with zero attached hydrogens (tertiary/aromatic N) is 1. The lowest BCUT2D eigenvalue weighted by Crippen LogP contribution is -2.42. The minimum atomic E-state index is -0.500. The topological polar surface area (TPSA) is 68.0 Å². The van der Waals surface area contributed by atoms with Crippen molar-refractivity contribution >= 4 is 5.91 Å². The molecule has 0 aliphatic carbocycles. The molecule has 0 aliphatic heterocycles. The average molecular weight is 235 g/mol. The van der Waals surface area contributed by atoms with Gasteiger partial charge in [0.25, 0.3) is 0 Å². The molecule has 0 aromatic carbocycles. The van der Waals surface area contributed by atoms with Crippen LogP contribution in [0, 0.1) is 12.8 Å². The van der Waals surface area contributed by atoms with Gasteiger partial charge in [-0.05, 0) is 31.4 Å². The van der Waals surface area contributed by atoms with Crippen molar-refractivity contribution in [2.45, 2.75) is 39.8 Å². The summed E-state index contributed by atoms with van der Waals surface area (Å²) in [5, 5.41) is 2.95. The van der Waals surface area contributed by atoms with Gasteiger partial charge in [0.2, 0.25) is 5.91 Å². The van der Waals surface area contributed by atoms with Crippen LogP contribution < -0.4 is 11.1 Å². The molecule has 0 saturated heterocycles. The van der Waals surface area contributed by atoms with Crippen LogP contribution in [0.2, 0.25) is 0 Å². The van der Waals surface area contributed by atoms with E-state index in [4.69, 9.17) is 5.73 Å². The highest BCUT2D eigenvalue weighted by atomic mass is 16.2. The highest BCUT2D eigenvalue weighted by molar-refractivity contribution is 5.81. The maximum Gasteiger partial charge on any atom is 0.237 e. The molecule has 2 unspecified atom stereocenters. The predicted octanol–water partition coefficient (Wildman–Crippen LogP) is 1.55. The van der Waals surface area contributed by atoms with Crippen LogP contribution in [-0.4, -0.2) is 16.9 Å². The van der Waals surface area contributed by atoms with E-state index in [2.05, 4.69) is 24.1 Å². The fourth-order valence-corrected chi connectivity index (χ4v) is 1.66. The first-order valence-corrected chi connectivity index (χ1v) is 5.91. The van der Waals surface area contributed by atoms with Crippen molar-refractivity contribution in [3.05, 3.63) is 29.6 Å². The van der Waals surface area contributed by atoms with Crippen LogP contribution in [-0.2, 0) is 4.79 Å². The first-order valence-electron chi connectivity index (χ1n) is 5.91. The zero-order chi connectivity index (χ0) is 13.0. The average Bonchev–Trinajstić information content (AvgIpc) is 2.26. The Kier molecular flexibility index (Phi) is 4.63. The Morgan fingerprint density at radius 2 is 2.06 bits per heavy atom. The fourth-order valence-electron chi connectivity index (χ4n) is 1.66. The summed E-state index contributed by atoms with van der Waals surface area (Å²) in [5.74, 6) is 0.125. The highest BCUT2D eigenvalue weighted by Gasteiger charge is 2.22. The number of amides is 1.